The van der Waals surface area contributed by atoms with Gasteiger partial charge < -0.3 is 15.4 Å². The Morgan fingerprint density at radius 1 is 0.815 bits per heavy atom. The topological polar surface area (TPSA) is 84.5 Å². The average Bonchev–Trinajstić information content (AvgIpc) is 2.62. The smallest absolute Gasteiger partial charge is 0.306 e. The fourth-order valence-electron chi connectivity index (χ4n) is 2.50. The number of benzene rings is 2. The van der Waals surface area contributed by atoms with Gasteiger partial charge in [0.05, 0.1) is 6.42 Å². The van der Waals surface area contributed by atoms with Crippen LogP contribution < -0.4 is 10.6 Å². The van der Waals surface area contributed by atoms with Crippen molar-refractivity contribution in [3.05, 3.63) is 59.2 Å². The second kappa shape index (κ2) is 9.52. The van der Waals surface area contributed by atoms with Crippen molar-refractivity contribution in [1.82, 2.24) is 0 Å². The summed E-state index contributed by atoms with van der Waals surface area (Å²) in [6, 6.07) is 13.0. The Morgan fingerprint density at radius 3 is 2.19 bits per heavy atom. The summed E-state index contributed by atoms with van der Waals surface area (Å²) >= 11 is 0. The van der Waals surface area contributed by atoms with Crippen LogP contribution in [-0.4, -0.2) is 24.4 Å². The molecule has 2 aromatic rings. The van der Waals surface area contributed by atoms with E-state index in [4.69, 9.17) is 4.74 Å². The molecule has 0 aromatic heterocycles. The molecule has 0 radical (unpaired) electrons. The first-order valence-corrected chi connectivity index (χ1v) is 8.73. The quantitative estimate of drug-likeness (QED) is 0.733. The first-order valence-electron chi connectivity index (χ1n) is 8.73. The Kier molecular flexibility index (Phi) is 7.11. The van der Waals surface area contributed by atoms with Crippen LogP contribution in [0.3, 0.4) is 0 Å². The Morgan fingerprint density at radius 2 is 1.48 bits per heavy atom. The lowest BCUT2D eigenvalue weighted by Gasteiger charge is -2.10. The predicted octanol–water partition coefficient (Wildman–Crippen LogP) is 3.51. The lowest BCUT2D eigenvalue weighted by atomic mass is 10.1. The highest BCUT2D eigenvalue weighted by Gasteiger charge is 2.12. The van der Waals surface area contributed by atoms with Gasteiger partial charge in [0.15, 0.2) is 6.61 Å². The Balaban J connectivity index is 1.71. The largest absolute Gasteiger partial charge is 0.456 e. The van der Waals surface area contributed by atoms with Crippen molar-refractivity contribution in [2.45, 2.75) is 33.6 Å². The molecule has 2 N–H and O–H groups in total. The molecule has 0 fully saturated rings. The van der Waals surface area contributed by atoms with Crippen LogP contribution in [0.1, 0.15) is 29.5 Å². The third-order valence-corrected chi connectivity index (χ3v) is 4.00. The van der Waals surface area contributed by atoms with E-state index in [-0.39, 0.29) is 25.4 Å². The summed E-state index contributed by atoms with van der Waals surface area (Å²) < 4.78 is 4.92. The van der Waals surface area contributed by atoms with Crippen LogP contribution in [0, 0.1) is 20.8 Å². The highest BCUT2D eigenvalue weighted by molar-refractivity contribution is 5.95. The number of hydrogen-bond acceptors (Lipinski definition) is 4. The van der Waals surface area contributed by atoms with Crippen LogP contribution in [0.15, 0.2) is 42.5 Å². The molecule has 2 aromatic carbocycles. The number of para-hydroxylation sites is 1. The zero-order chi connectivity index (χ0) is 19.8. The minimum absolute atomic E-state index is 0.00837. The molecular weight excluding hydrogens is 344 g/mol. The van der Waals surface area contributed by atoms with Crippen molar-refractivity contribution < 1.29 is 19.1 Å². The summed E-state index contributed by atoms with van der Waals surface area (Å²) in [6.45, 7) is 5.37. The monoisotopic (exact) mass is 368 g/mol. The van der Waals surface area contributed by atoms with Gasteiger partial charge in [-0.1, -0.05) is 35.9 Å². The van der Waals surface area contributed by atoms with Crippen LogP contribution in [0.4, 0.5) is 11.4 Å². The van der Waals surface area contributed by atoms with E-state index in [0.29, 0.717) is 5.69 Å². The number of esters is 1. The maximum Gasteiger partial charge on any atom is 0.306 e. The van der Waals surface area contributed by atoms with Gasteiger partial charge in [-0.25, -0.2) is 0 Å². The summed E-state index contributed by atoms with van der Waals surface area (Å²) in [5.41, 5.74) is 4.38. The predicted molar refractivity (Wildman–Crippen MR) is 105 cm³/mol. The highest BCUT2D eigenvalue weighted by Crippen LogP contribution is 2.16. The molecule has 0 aliphatic heterocycles. The number of carbonyl (C=O) groups is 3. The molecule has 0 aliphatic carbocycles. The molecule has 0 saturated heterocycles. The number of carbonyl (C=O) groups excluding carboxylic acids is 3. The fourth-order valence-corrected chi connectivity index (χ4v) is 2.50. The molecule has 6 heteroatoms. The molecule has 0 unspecified atom stereocenters. The molecule has 6 nitrogen and oxygen atoms in total. The van der Waals surface area contributed by atoms with Crippen molar-refractivity contribution in [2.24, 2.45) is 0 Å². The van der Waals surface area contributed by atoms with Crippen LogP contribution in [0.25, 0.3) is 0 Å². The minimum Gasteiger partial charge on any atom is -0.456 e. The van der Waals surface area contributed by atoms with Gasteiger partial charge in [-0.2, -0.15) is 0 Å². The number of aryl methyl sites for hydroxylation is 3. The minimum atomic E-state index is -0.592. The third-order valence-electron chi connectivity index (χ3n) is 4.00. The average molecular weight is 368 g/mol. The van der Waals surface area contributed by atoms with Crippen molar-refractivity contribution >= 4 is 29.2 Å². The SMILES string of the molecule is Cc1ccc(NC(=O)CCC(=O)OCC(=O)Nc2ccccc2C)c(C)c1. The van der Waals surface area contributed by atoms with Crippen molar-refractivity contribution in [3.63, 3.8) is 0 Å². The number of hydrogen-bond donors (Lipinski definition) is 2. The lowest BCUT2D eigenvalue weighted by Crippen LogP contribution is -2.22. The molecular formula is C21H24N2O4. The van der Waals surface area contributed by atoms with E-state index >= 15 is 0 Å². The van der Waals surface area contributed by atoms with Gasteiger partial charge in [-0.05, 0) is 44.0 Å². The Labute approximate surface area is 158 Å². The standard InChI is InChI=1S/C21H24N2O4/c1-14-8-9-18(16(3)12-14)22-19(24)10-11-21(26)27-13-20(25)23-17-7-5-4-6-15(17)2/h4-9,12H,10-11,13H2,1-3H3,(H,22,24)(H,23,25). The molecule has 0 aliphatic rings. The van der Waals surface area contributed by atoms with E-state index < -0.39 is 11.9 Å². The van der Waals surface area contributed by atoms with E-state index in [1.165, 1.54) is 0 Å². The van der Waals surface area contributed by atoms with Crippen LogP contribution in [0.5, 0.6) is 0 Å². The highest BCUT2D eigenvalue weighted by atomic mass is 16.5. The molecule has 0 bridgehead atoms. The van der Waals surface area contributed by atoms with Crippen molar-refractivity contribution in [2.75, 3.05) is 17.2 Å². The maximum atomic E-state index is 12.0. The van der Waals surface area contributed by atoms with E-state index in [1.807, 2.05) is 57.2 Å². The second-order valence-electron chi connectivity index (χ2n) is 6.39. The van der Waals surface area contributed by atoms with E-state index in [0.717, 1.165) is 22.4 Å². The first-order chi connectivity index (χ1) is 12.8. The maximum absolute atomic E-state index is 12.0. The number of rotatable bonds is 7. The van der Waals surface area contributed by atoms with E-state index in [1.54, 1.807) is 6.07 Å². The number of ether oxygens (including phenoxy) is 1. The number of nitrogens with one attached hydrogen (secondary N) is 2. The van der Waals surface area contributed by atoms with Gasteiger partial charge in [0, 0.05) is 17.8 Å². The van der Waals surface area contributed by atoms with Gasteiger partial charge in [0.1, 0.15) is 0 Å². The van der Waals surface area contributed by atoms with Gasteiger partial charge in [-0.15, -0.1) is 0 Å². The molecule has 0 saturated carbocycles. The second-order valence-corrected chi connectivity index (χ2v) is 6.39. The van der Waals surface area contributed by atoms with Gasteiger partial charge in [0.25, 0.3) is 5.91 Å². The van der Waals surface area contributed by atoms with E-state index in [9.17, 15) is 14.4 Å². The summed E-state index contributed by atoms with van der Waals surface area (Å²) in [7, 11) is 0. The molecule has 142 valence electrons. The zero-order valence-corrected chi connectivity index (χ0v) is 15.8. The van der Waals surface area contributed by atoms with Crippen LogP contribution >= 0.6 is 0 Å². The van der Waals surface area contributed by atoms with Crippen molar-refractivity contribution in [3.8, 4) is 0 Å². The van der Waals surface area contributed by atoms with Crippen molar-refractivity contribution in [1.29, 1.82) is 0 Å². The van der Waals surface area contributed by atoms with Gasteiger partial charge in [-0.3, -0.25) is 14.4 Å². The Bertz CT molecular complexity index is 846. The van der Waals surface area contributed by atoms with Crippen LogP contribution in [-0.2, 0) is 19.1 Å². The van der Waals surface area contributed by atoms with Crippen LogP contribution in [0.2, 0.25) is 0 Å². The molecule has 0 heterocycles. The summed E-state index contributed by atoms with van der Waals surface area (Å²) in [5, 5.41) is 5.45. The zero-order valence-electron chi connectivity index (χ0n) is 15.8. The molecule has 0 atom stereocenters. The normalized spacial score (nSPS) is 10.2. The Hall–Kier alpha value is -3.15. The van der Waals surface area contributed by atoms with E-state index in [2.05, 4.69) is 10.6 Å². The van der Waals surface area contributed by atoms with Gasteiger partial charge in [0.2, 0.25) is 5.91 Å². The number of amides is 2. The summed E-state index contributed by atoms with van der Waals surface area (Å²) in [6.07, 6.45) is -0.0973. The molecule has 2 rings (SSSR count). The first kappa shape index (κ1) is 20.2. The summed E-state index contributed by atoms with van der Waals surface area (Å²) in [4.78, 5) is 35.6. The molecule has 2 amide bonds. The molecule has 27 heavy (non-hydrogen) atoms. The molecule has 0 spiro atoms. The number of anilines is 2. The lowest BCUT2D eigenvalue weighted by molar-refractivity contribution is -0.147. The summed E-state index contributed by atoms with van der Waals surface area (Å²) in [5.74, 6) is -1.29. The van der Waals surface area contributed by atoms with Gasteiger partial charge >= 0.3 is 5.97 Å². The third kappa shape index (κ3) is 6.58. The fraction of sp³-hybridized carbons (Fsp3) is 0.286.